The van der Waals surface area contributed by atoms with Gasteiger partial charge in [-0.05, 0) is 31.2 Å². The second kappa shape index (κ2) is 8.92. The number of nitrogens with one attached hydrogen (secondary N) is 1. The van der Waals surface area contributed by atoms with Crippen LogP contribution in [0.4, 0.5) is 16.2 Å². The highest BCUT2D eigenvalue weighted by Crippen LogP contribution is 2.21. The van der Waals surface area contributed by atoms with E-state index in [2.05, 4.69) is 10.2 Å². The van der Waals surface area contributed by atoms with Gasteiger partial charge >= 0.3 is 6.03 Å². The molecule has 1 heterocycles. The van der Waals surface area contributed by atoms with Crippen LogP contribution in [0.1, 0.15) is 12.5 Å². The molecule has 3 rings (SSSR count). The molecule has 138 valence electrons. The number of amides is 2. The first kappa shape index (κ1) is 18.5. The van der Waals surface area contributed by atoms with Crippen molar-refractivity contribution >= 4 is 29.0 Å². The third-order valence-electron chi connectivity index (χ3n) is 4.46. The molecule has 6 heteroatoms. The van der Waals surface area contributed by atoms with E-state index >= 15 is 0 Å². The number of ether oxygens (including phenoxy) is 1. The first-order valence-electron chi connectivity index (χ1n) is 8.89. The highest BCUT2D eigenvalue weighted by Gasteiger charge is 2.22. The van der Waals surface area contributed by atoms with Gasteiger partial charge in [-0.15, -0.1) is 0 Å². The molecule has 0 spiro atoms. The number of carbonyl (C=O) groups excluding carboxylic acids is 1. The van der Waals surface area contributed by atoms with Crippen molar-refractivity contribution in [1.29, 1.82) is 0 Å². The van der Waals surface area contributed by atoms with Crippen molar-refractivity contribution in [2.45, 2.75) is 13.5 Å². The summed E-state index contributed by atoms with van der Waals surface area (Å²) in [4.78, 5) is 16.7. The summed E-state index contributed by atoms with van der Waals surface area (Å²) in [6, 6.07) is 15.5. The fourth-order valence-electron chi connectivity index (χ4n) is 3.01. The van der Waals surface area contributed by atoms with E-state index in [1.54, 1.807) is 0 Å². The van der Waals surface area contributed by atoms with Gasteiger partial charge in [0.15, 0.2) is 0 Å². The SMILES string of the molecule is CCOCc1ccccc1NC(=O)N1CCN(c2cccc(Cl)c2)CC1. The molecule has 0 radical (unpaired) electrons. The number of rotatable bonds is 5. The zero-order valence-corrected chi connectivity index (χ0v) is 15.7. The molecular formula is C20H24ClN3O2. The van der Waals surface area contributed by atoms with Crippen molar-refractivity contribution in [3.05, 3.63) is 59.1 Å². The number of benzene rings is 2. The second-order valence-electron chi connectivity index (χ2n) is 6.18. The van der Waals surface area contributed by atoms with Crippen LogP contribution >= 0.6 is 11.6 Å². The number of anilines is 2. The molecule has 2 aromatic rings. The minimum Gasteiger partial charge on any atom is -0.377 e. The Morgan fingerprint density at radius 3 is 2.62 bits per heavy atom. The van der Waals surface area contributed by atoms with Gasteiger partial charge in [0.2, 0.25) is 0 Å². The van der Waals surface area contributed by atoms with Crippen LogP contribution in [-0.4, -0.2) is 43.7 Å². The Balaban J connectivity index is 1.57. The number of para-hydroxylation sites is 1. The molecule has 0 atom stereocenters. The minimum atomic E-state index is -0.0697. The topological polar surface area (TPSA) is 44.8 Å². The minimum absolute atomic E-state index is 0.0697. The van der Waals surface area contributed by atoms with Crippen molar-refractivity contribution in [3.63, 3.8) is 0 Å². The molecular weight excluding hydrogens is 350 g/mol. The Morgan fingerprint density at radius 1 is 1.12 bits per heavy atom. The van der Waals surface area contributed by atoms with Gasteiger partial charge in [0, 0.05) is 54.7 Å². The van der Waals surface area contributed by atoms with E-state index in [4.69, 9.17) is 16.3 Å². The van der Waals surface area contributed by atoms with E-state index in [-0.39, 0.29) is 6.03 Å². The first-order chi connectivity index (χ1) is 12.7. The second-order valence-corrected chi connectivity index (χ2v) is 6.61. The summed E-state index contributed by atoms with van der Waals surface area (Å²) in [5.41, 5.74) is 2.89. The highest BCUT2D eigenvalue weighted by molar-refractivity contribution is 6.30. The fraction of sp³-hybridized carbons (Fsp3) is 0.350. The lowest BCUT2D eigenvalue weighted by Crippen LogP contribution is -2.50. The molecule has 1 aliphatic heterocycles. The van der Waals surface area contributed by atoms with E-state index < -0.39 is 0 Å². The van der Waals surface area contributed by atoms with E-state index in [0.717, 1.165) is 35.1 Å². The van der Waals surface area contributed by atoms with Crippen molar-refractivity contribution in [2.75, 3.05) is 43.0 Å². The van der Waals surface area contributed by atoms with Gasteiger partial charge in [-0.2, -0.15) is 0 Å². The monoisotopic (exact) mass is 373 g/mol. The van der Waals surface area contributed by atoms with Crippen LogP contribution < -0.4 is 10.2 Å². The summed E-state index contributed by atoms with van der Waals surface area (Å²) in [6.07, 6.45) is 0. The van der Waals surface area contributed by atoms with Crippen molar-refractivity contribution in [1.82, 2.24) is 4.90 Å². The molecule has 26 heavy (non-hydrogen) atoms. The lowest BCUT2D eigenvalue weighted by atomic mass is 10.2. The highest BCUT2D eigenvalue weighted by atomic mass is 35.5. The zero-order chi connectivity index (χ0) is 18.4. The van der Waals surface area contributed by atoms with Crippen molar-refractivity contribution in [2.24, 2.45) is 0 Å². The zero-order valence-electron chi connectivity index (χ0n) is 15.0. The molecule has 1 fully saturated rings. The van der Waals surface area contributed by atoms with Gasteiger partial charge in [-0.25, -0.2) is 4.79 Å². The number of carbonyl (C=O) groups is 1. The first-order valence-corrected chi connectivity index (χ1v) is 9.27. The van der Waals surface area contributed by atoms with Gasteiger partial charge in [-0.1, -0.05) is 35.9 Å². The molecule has 0 bridgehead atoms. The smallest absolute Gasteiger partial charge is 0.321 e. The maximum Gasteiger partial charge on any atom is 0.321 e. The van der Waals surface area contributed by atoms with E-state index in [0.29, 0.717) is 26.3 Å². The molecule has 5 nitrogen and oxygen atoms in total. The average Bonchev–Trinajstić information content (AvgIpc) is 2.67. The van der Waals surface area contributed by atoms with Gasteiger partial charge in [0.25, 0.3) is 0 Å². The van der Waals surface area contributed by atoms with Gasteiger partial charge in [0.05, 0.1) is 6.61 Å². The molecule has 1 N–H and O–H groups in total. The number of hydrogen-bond acceptors (Lipinski definition) is 3. The molecule has 2 amide bonds. The Hall–Kier alpha value is -2.24. The van der Waals surface area contributed by atoms with Crippen LogP contribution in [0.3, 0.4) is 0 Å². The maximum atomic E-state index is 12.6. The van der Waals surface area contributed by atoms with E-state index in [9.17, 15) is 4.79 Å². The quantitative estimate of drug-likeness (QED) is 0.852. The lowest BCUT2D eigenvalue weighted by molar-refractivity contribution is 0.134. The third-order valence-corrected chi connectivity index (χ3v) is 4.70. The molecule has 0 saturated carbocycles. The fourth-order valence-corrected chi connectivity index (χ4v) is 3.20. The summed E-state index contributed by atoms with van der Waals surface area (Å²) in [5, 5.41) is 3.75. The summed E-state index contributed by atoms with van der Waals surface area (Å²) >= 11 is 6.07. The third kappa shape index (κ3) is 4.68. The number of halogens is 1. The summed E-state index contributed by atoms with van der Waals surface area (Å²) in [5.74, 6) is 0. The van der Waals surface area contributed by atoms with Crippen LogP contribution in [0.5, 0.6) is 0 Å². The largest absolute Gasteiger partial charge is 0.377 e. The summed E-state index contributed by atoms with van der Waals surface area (Å²) < 4.78 is 5.48. The van der Waals surface area contributed by atoms with Crippen LogP contribution in [0.15, 0.2) is 48.5 Å². The number of nitrogens with zero attached hydrogens (tertiary/aromatic N) is 2. The molecule has 1 aliphatic rings. The van der Waals surface area contributed by atoms with Crippen LogP contribution in [0.25, 0.3) is 0 Å². The number of piperazine rings is 1. The van der Waals surface area contributed by atoms with Crippen molar-refractivity contribution < 1.29 is 9.53 Å². The predicted octanol–water partition coefficient (Wildman–Crippen LogP) is 4.23. The van der Waals surface area contributed by atoms with E-state index in [1.807, 2.05) is 60.4 Å². The molecule has 0 aromatic heterocycles. The molecule has 0 aliphatic carbocycles. The normalized spacial score (nSPS) is 14.4. The molecule has 1 saturated heterocycles. The van der Waals surface area contributed by atoms with Crippen molar-refractivity contribution in [3.8, 4) is 0 Å². The predicted molar refractivity (Wildman–Crippen MR) is 106 cm³/mol. The average molecular weight is 374 g/mol. The standard InChI is InChI=1S/C20H24ClN3O2/c1-2-26-15-16-6-3-4-9-19(16)22-20(25)24-12-10-23(11-13-24)18-8-5-7-17(21)14-18/h3-9,14H,2,10-13,15H2,1H3,(H,22,25). The Bertz CT molecular complexity index is 745. The van der Waals surface area contributed by atoms with E-state index in [1.165, 1.54) is 0 Å². The molecule has 2 aromatic carbocycles. The van der Waals surface area contributed by atoms with Crippen LogP contribution in [0.2, 0.25) is 5.02 Å². The maximum absolute atomic E-state index is 12.6. The summed E-state index contributed by atoms with van der Waals surface area (Å²) in [7, 11) is 0. The Morgan fingerprint density at radius 2 is 1.88 bits per heavy atom. The Labute approximate surface area is 159 Å². The lowest BCUT2D eigenvalue weighted by Gasteiger charge is -2.36. The van der Waals surface area contributed by atoms with Crippen LogP contribution in [-0.2, 0) is 11.3 Å². The van der Waals surface area contributed by atoms with Crippen LogP contribution in [0, 0.1) is 0 Å². The van der Waals surface area contributed by atoms with Gasteiger partial charge < -0.3 is 19.9 Å². The van der Waals surface area contributed by atoms with Gasteiger partial charge in [0.1, 0.15) is 0 Å². The molecule has 0 unspecified atom stereocenters. The number of urea groups is 1. The Kier molecular flexibility index (Phi) is 6.36. The summed E-state index contributed by atoms with van der Waals surface area (Å²) in [6.45, 7) is 6.02. The number of hydrogen-bond donors (Lipinski definition) is 1. The van der Waals surface area contributed by atoms with Gasteiger partial charge in [-0.3, -0.25) is 0 Å².